The lowest BCUT2D eigenvalue weighted by atomic mass is 10.2. The van der Waals surface area contributed by atoms with Gasteiger partial charge in [-0.2, -0.15) is 5.10 Å². The van der Waals surface area contributed by atoms with Gasteiger partial charge in [0, 0.05) is 31.8 Å². The maximum Gasteiger partial charge on any atom is 0.338 e. The maximum absolute atomic E-state index is 12.1. The van der Waals surface area contributed by atoms with Crippen LogP contribution in [0.2, 0.25) is 0 Å². The van der Waals surface area contributed by atoms with Crippen LogP contribution in [0.1, 0.15) is 37.6 Å². The number of anilines is 1. The monoisotopic (exact) mass is 343 g/mol. The summed E-state index contributed by atoms with van der Waals surface area (Å²) in [5.41, 5.74) is 3.33. The largest absolute Gasteiger partial charge is 0.452 e. The highest BCUT2D eigenvalue weighted by atomic mass is 16.5. The SMILES string of the molecule is C=C(C)CN(CC)C(=O)COC(=O)c1ccc(N2CCC(C)=N2)cc1. The molecule has 0 aliphatic carbocycles. The molecule has 0 aromatic heterocycles. The Bertz CT molecular complexity index is 680. The van der Waals surface area contributed by atoms with Gasteiger partial charge in [-0.15, -0.1) is 0 Å². The zero-order valence-corrected chi connectivity index (χ0v) is 15.1. The molecule has 0 radical (unpaired) electrons. The highest BCUT2D eigenvalue weighted by Gasteiger charge is 2.16. The number of benzene rings is 1. The van der Waals surface area contributed by atoms with Crippen molar-refractivity contribution < 1.29 is 14.3 Å². The average molecular weight is 343 g/mol. The third kappa shape index (κ3) is 5.17. The summed E-state index contributed by atoms with van der Waals surface area (Å²) in [4.78, 5) is 25.8. The molecule has 0 atom stereocenters. The molecular formula is C19H25N3O3. The number of hydrogen-bond acceptors (Lipinski definition) is 5. The van der Waals surface area contributed by atoms with Crippen LogP contribution in [-0.2, 0) is 9.53 Å². The van der Waals surface area contributed by atoms with E-state index in [2.05, 4.69) is 11.7 Å². The molecule has 0 spiro atoms. The summed E-state index contributed by atoms with van der Waals surface area (Å²) in [7, 11) is 0. The van der Waals surface area contributed by atoms with Gasteiger partial charge in [-0.3, -0.25) is 9.80 Å². The van der Waals surface area contributed by atoms with Crippen molar-refractivity contribution in [2.24, 2.45) is 5.10 Å². The quantitative estimate of drug-likeness (QED) is 0.564. The van der Waals surface area contributed by atoms with Crippen molar-refractivity contribution in [3.05, 3.63) is 42.0 Å². The van der Waals surface area contributed by atoms with Crippen molar-refractivity contribution in [1.82, 2.24) is 4.90 Å². The van der Waals surface area contributed by atoms with E-state index >= 15 is 0 Å². The van der Waals surface area contributed by atoms with E-state index in [4.69, 9.17) is 4.74 Å². The first kappa shape index (κ1) is 18.7. The molecular weight excluding hydrogens is 318 g/mol. The Morgan fingerprint density at radius 3 is 2.52 bits per heavy atom. The number of carbonyl (C=O) groups is 2. The van der Waals surface area contributed by atoms with Crippen molar-refractivity contribution in [1.29, 1.82) is 0 Å². The fraction of sp³-hybridized carbons (Fsp3) is 0.421. The number of amides is 1. The van der Waals surface area contributed by atoms with E-state index in [9.17, 15) is 9.59 Å². The molecule has 6 heteroatoms. The second kappa shape index (κ2) is 8.46. The molecule has 1 aliphatic rings. The van der Waals surface area contributed by atoms with E-state index < -0.39 is 5.97 Å². The van der Waals surface area contributed by atoms with E-state index in [0.29, 0.717) is 18.7 Å². The zero-order valence-electron chi connectivity index (χ0n) is 15.1. The van der Waals surface area contributed by atoms with Crippen LogP contribution in [0.3, 0.4) is 0 Å². The van der Waals surface area contributed by atoms with Crippen molar-refractivity contribution in [3.8, 4) is 0 Å². The summed E-state index contributed by atoms with van der Waals surface area (Å²) >= 11 is 0. The number of hydrogen-bond donors (Lipinski definition) is 0. The van der Waals surface area contributed by atoms with Gasteiger partial charge in [0.2, 0.25) is 0 Å². The Balaban J connectivity index is 1.90. The van der Waals surface area contributed by atoms with Gasteiger partial charge in [0.1, 0.15) is 0 Å². The maximum atomic E-state index is 12.1. The fourth-order valence-corrected chi connectivity index (χ4v) is 2.53. The van der Waals surface area contributed by atoms with E-state index in [0.717, 1.165) is 29.9 Å². The number of likely N-dealkylation sites (N-methyl/N-ethyl adjacent to an activating group) is 1. The summed E-state index contributed by atoms with van der Waals surface area (Å²) in [5.74, 6) is -0.732. The lowest BCUT2D eigenvalue weighted by molar-refractivity contribution is -0.133. The van der Waals surface area contributed by atoms with Crippen molar-refractivity contribution in [3.63, 3.8) is 0 Å². The summed E-state index contributed by atoms with van der Waals surface area (Å²) in [6.45, 7) is 11.1. The highest BCUT2D eigenvalue weighted by Crippen LogP contribution is 2.20. The van der Waals surface area contributed by atoms with Crippen LogP contribution in [0.5, 0.6) is 0 Å². The third-order valence-electron chi connectivity index (χ3n) is 3.90. The molecule has 134 valence electrons. The third-order valence-corrected chi connectivity index (χ3v) is 3.90. The Morgan fingerprint density at radius 1 is 1.32 bits per heavy atom. The minimum Gasteiger partial charge on any atom is -0.452 e. The van der Waals surface area contributed by atoms with Gasteiger partial charge >= 0.3 is 5.97 Å². The summed E-state index contributed by atoms with van der Waals surface area (Å²) < 4.78 is 5.14. The first-order valence-electron chi connectivity index (χ1n) is 8.41. The van der Waals surface area contributed by atoms with Crippen LogP contribution in [0.4, 0.5) is 5.69 Å². The molecule has 0 N–H and O–H groups in total. The van der Waals surface area contributed by atoms with E-state index in [1.807, 2.05) is 37.9 Å². The predicted molar refractivity (Wildman–Crippen MR) is 98.9 cm³/mol. The highest BCUT2D eigenvalue weighted by molar-refractivity contribution is 5.92. The zero-order chi connectivity index (χ0) is 18.4. The Hall–Kier alpha value is -2.63. The second-order valence-electron chi connectivity index (χ2n) is 6.20. The molecule has 0 bridgehead atoms. The Kier molecular flexibility index (Phi) is 6.33. The number of carbonyl (C=O) groups excluding carboxylic acids is 2. The van der Waals surface area contributed by atoms with Crippen molar-refractivity contribution in [2.75, 3.05) is 31.3 Å². The lowest BCUT2D eigenvalue weighted by Gasteiger charge is -2.20. The number of esters is 1. The Morgan fingerprint density at radius 2 is 2.00 bits per heavy atom. The molecule has 1 aromatic carbocycles. The van der Waals surface area contributed by atoms with Crippen molar-refractivity contribution in [2.45, 2.75) is 27.2 Å². The van der Waals surface area contributed by atoms with Gasteiger partial charge in [0.05, 0.1) is 11.3 Å². The first-order chi connectivity index (χ1) is 11.9. The normalized spacial score (nSPS) is 13.4. The minimum atomic E-state index is -0.507. The van der Waals surface area contributed by atoms with Crippen LogP contribution < -0.4 is 5.01 Å². The standard InChI is InChI=1S/C19H25N3O3/c1-5-21(12-14(2)3)18(23)13-25-19(24)16-6-8-17(9-7-16)22-11-10-15(4)20-22/h6-9H,2,5,10-13H2,1,3-4H3. The van der Waals surface area contributed by atoms with Gasteiger partial charge in [0.15, 0.2) is 6.61 Å². The average Bonchev–Trinajstić information content (AvgIpc) is 3.03. The molecule has 1 heterocycles. The molecule has 0 unspecified atom stereocenters. The van der Waals surface area contributed by atoms with E-state index in [1.165, 1.54) is 0 Å². The Labute approximate surface area is 148 Å². The fourth-order valence-electron chi connectivity index (χ4n) is 2.53. The number of rotatable bonds is 7. The first-order valence-corrected chi connectivity index (χ1v) is 8.41. The molecule has 0 saturated heterocycles. The topological polar surface area (TPSA) is 62.2 Å². The van der Waals surface area contributed by atoms with Gasteiger partial charge in [-0.25, -0.2) is 4.79 Å². The van der Waals surface area contributed by atoms with Gasteiger partial charge in [-0.1, -0.05) is 12.2 Å². The van der Waals surface area contributed by atoms with Crippen LogP contribution in [-0.4, -0.2) is 48.7 Å². The summed E-state index contributed by atoms with van der Waals surface area (Å²) in [5, 5.41) is 6.33. The molecule has 1 amide bonds. The number of nitrogens with zero attached hydrogens (tertiary/aromatic N) is 3. The van der Waals surface area contributed by atoms with Crippen LogP contribution in [0, 0.1) is 0 Å². The molecule has 1 aliphatic heterocycles. The van der Waals surface area contributed by atoms with Crippen LogP contribution in [0.15, 0.2) is 41.5 Å². The second-order valence-corrected chi connectivity index (χ2v) is 6.20. The predicted octanol–water partition coefficient (Wildman–Crippen LogP) is 2.85. The van der Waals surface area contributed by atoms with Gasteiger partial charge < -0.3 is 9.64 Å². The molecule has 0 saturated carbocycles. The summed E-state index contributed by atoms with van der Waals surface area (Å²) in [6.07, 6.45) is 0.948. The van der Waals surface area contributed by atoms with E-state index in [-0.39, 0.29) is 12.5 Å². The molecule has 6 nitrogen and oxygen atoms in total. The number of ether oxygens (including phenoxy) is 1. The lowest BCUT2D eigenvalue weighted by Crippen LogP contribution is -2.35. The van der Waals surface area contributed by atoms with Crippen molar-refractivity contribution >= 4 is 23.3 Å². The molecule has 2 rings (SSSR count). The smallest absolute Gasteiger partial charge is 0.338 e. The number of hydrazone groups is 1. The van der Waals surface area contributed by atoms with Crippen LogP contribution >= 0.6 is 0 Å². The molecule has 25 heavy (non-hydrogen) atoms. The van der Waals surface area contributed by atoms with E-state index in [1.54, 1.807) is 17.0 Å². The molecule has 1 aromatic rings. The minimum absolute atomic E-state index is 0.225. The van der Waals surface area contributed by atoms with Gasteiger partial charge in [-0.05, 0) is 45.0 Å². The molecule has 0 fully saturated rings. The van der Waals surface area contributed by atoms with Gasteiger partial charge in [0.25, 0.3) is 5.91 Å². The summed E-state index contributed by atoms with van der Waals surface area (Å²) in [6, 6.07) is 7.05. The van der Waals surface area contributed by atoms with Crippen LogP contribution in [0.25, 0.3) is 0 Å².